The third kappa shape index (κ3) is 3.03. The predicted molar refractivity (Wildman–Crippen MR) is 90.5 cm³/mol. The number of esters is 1. The number of fused-ring (bicyclic) bond motifs is 1. The normalized spacial score (nSPS) is 11.5. The van der Waals surface area contributed by atoms with Crippen molar-refractivity contribution in [2.75, 3.05) is 7.11 Å². The van der Waals surface area contributed by atoms with Crippen LogP contribution in [0.3, 0.4) is 0 Å². The van der Waals surface area contributed by atoms with E-state index in [0.717, 1.165) is 6.07 Å². The zero-order valence-corrected chi connectivity index (χ0v) is 13.9. The Balaban J connectivity index is 2.30. The minimum Gasteiger partial charge on any atom is -0.508 e. The summed E-state index contributed by atoms with van der Waals surface area (Å²) in [6.45, 7) is 0.617. The summed E-state index contributed by atoms with van der Waals surface area (Å²) in [4.78, 5) is 24.3. The molecule has 3 rings (SSSR count). The number of carbonyl (C=O) groups is 1. The van der Waals surface area contributed by atoms with Crippen LogP contribution in [-0.4, -0.2) is 18.2 Å². The second-order valence-corrected chi connectivity index (χ2v) is 5.77. The minimum atomic E-state index is -3.44. The first-order chi connectivity index (χ1) is 12.2. The molecule has 0 spiro atoms. The number of hydrogen-bond acceptors (Lipinski definition) is 5. The van der Waals surface area contributed by atoms with Crippen molar-refractivity contribution < 1.29 is 27.8 Å². The molecule has 1 aromatic heterocycles. The fourth-order valence-electron chi connectivity index (χ4n) is 2.64. The number of ether oxygens (including phenoxy) is 1. The van der Waals surface area contributed by atoms with E-state index in [1.807, 2.05) is 0 Å². The highest BCUT2D eigenvalue weighted by Gasteiger charge is 2.34. The average Bonchev–Trinajstić information content (AvgIpc) is 2.60. The van der Waals surface area contributed by atoms with Gasteiger partial charge in [-0.3, -0.25) is 4.79 Å². The maximum atomic E-state index is 14.1. The van der Waals surface area contributed by atoms with Crippen LogP contribution >= 0.6 is 0 Å². The van der Waals surface area contributed by atoms with E-state index in [4.69, 9.17) is 4.42 Å². The topological polar surface area (TPSA) is 76.7 Å². The first kappa shape index (κ1) is 17.6. The molecule has 26 heavy (non-hydrogen) atoms. The van der Waals surface area contributed by atoms with Crippen molar-refractivity contribution in [1.82, 2.24) is 0 Å². The van der Waals surface area contributed by atoms with E-state index in [-0.39, 0.29) is 33.4 Å². The lowest BCUT2D eigenvalue weighted by atomic mass is 9.98. The molecule has 1 N–H and O–H groups in total. The summed E-state index contributed by atoms with van der Waals surface area (Å²) < 4.78 is 38.1. The minimum absolute atomic E-state index is 0.0582. The van der Waals surface area contributed by atoms with Gasteiger partial charge >= 0.3 is 11.9 Å². The molecule has 0 fully saturated rings. The van der Waals surface area contributed by atoms with Crippen molar-refractivity contribution in [2.45, 2.75) is 12.8 Å². The van der Waals surface area contributed by atoms with Gasteiger partial charge in [-0.15, -0.1) is 0 Å². The van der Waals surface area contributed by atoms with Gasteiger partial charge in [0.05, 0.1) is 23.6 Å². The summed E-state index contributed by atoms with van der Waals surface area (Å²) in [6, 6.07) is 9.18. The van der Waals surface area contributed by atoms with E-state index in [1.165, 1.54) is 43.5 Å². The summed E-state index contributed by atoms with van der Waals surface area (Å²) >= 11 is 0. The van der Waals surface area contributed by atoms with Gasteiger partial charge in [-0.25, -0.2) is 4.79 Å². The summed E-state index contributed by atoms with van der Waals surface area (Å²) in [5.41, 5.74) is -0.698. The zero-order chi connectivity index (χ0) is 19.1. The van der Waals surface area contributed by atoms with Crippen molar-refractivity contribution in [3.05, 3.63) is 64.0 Å². The van der Waals surface area contributed by atoms with E-state index >= 15 is 0 Å². The molecule has 0 amide bonds. The van der Waals surface area contributed by atoms with Crippen LogP contribution in [0.25, 0.3) is 22.1 Å². The Bertz CT molecular complexity index is 1050. The fourth-order valence-corrected chi connectivity index (χ4v) is 2.64. The SMILES string of the molecule is COC(=O)c1ccc(-c2c(C(C)(F)F)oc3cc(O)ccc3c2=O)cc1. The zero-order valence-electron chi connectivity index (χ0n) is 13.9. The number of alkyl halides is 2. The number of rotatable bonds is 3. The first-order valence-electron chi connectivity index (χ1n) is 7.59. The number of halogens is 2. The van der Waals surface area contributed by atoms with Gasteiger partial charge in [-0.2, -0.15) is 8.78 Å². The number of aromatic hydroxyl groups is 1. The third-order valence-electron chi connectivity index (χ3n) is 3.87. The smallest absolute Gasteiger partial charge is 0.337 e. The van der Waals surface area contributed by atoms with Gasteiger partial charge in [-0.1, -0.05) is 12.1 Å². The van der Waals surface area contributed by atoms with E-state index in [2.05, 4.69) is 4.74 Å². The van der Waals surface area contributed by atoms with Crippen LogP contribution in [0.5, 0.6) is 5.75 Å². The lowest BCUT2D eigenvalue weighted by Gasteiger charge is -2.15. The summed E-state index contributed by atoms with van der Waals surface area (Å²) in [7, 11) is 1.22. The molecule has 0 bridgehead atoms. The van der Waals surface area contributed by atoms with Gasteiger partial charge in [0.15, 0.2) is 5.76 Å². The fraction of sp³-hybridized carbons (Fsp3) is 0.158. The van der Waals surface area contributed by atoms with Crippen LogP contribution in [0.4, 0.5) is 8.78 Å². The molecule has 0 saturated carbocycles. The highest BCUT2D eigenvalue weighted by Crippen LogP contribution is 2.36. The monoisotopic (exact) mass is 360 g/mol. The van der Waals surface area contributed by atoms with Crippen LogP contribution in [0.1, 0.15) is 23.0 Å². The van der Waals surface area contributed by atoms with E-state index in [0.29, 0.717) is 6.92 Å². The molecule has 0 aliphatic carbocycles. The molecule has 2 aromatic carbocycles. The highest BCUT2D eigenvalue weighted by molar-refractivity contribution is 5.90. The van der Waals surface area contributed by atoms with Crippen LogP contribution in [-0.2, 0) is 10.7 Å². The second-order valence-electron chi connectivity index (χ2n) is 5.77. The van der Waals surface area contributed by atoms with Gasteiger partial charge in [0.1, 0.15) is 11.3 Å². The molecule has 0 radical (unpaired) electrons. The van der Waals surface area contributed by atoms with Crippen molar-refractivity contribution in [1.29, 1.82) is 0 Å². The Morgan fingerprint density at radius 1 is 1.15 bits per heavy atom. The molecule has 0 atom stereocenters. The number of methoxy groups -OCH3 is 1. The van der Waals surface area contributed by atoms with Crippen molar-refractivity contribution in [3.8, 4) is 16.9 Å². The standard InChI is InChI=1S/C19H14F2O5/c1-19(20,21)17-15(10-3-5-11(6-4-10)18(24)25-2)16(23)13-8-7-12(22)9-14(13)26-17/h3-9,22H,1-2H3. The Morgan fingerprint density at radius 2 is 1.81 bits per heavy atom. The molecule has 7 heteroatoms. The van der Waals surface area contributed by atoms with Gasteiger partial charge in [0.2, 0.25) is 5.43 Å². The molecule has 0 saturated heterocycles. The first-order valence-corrected chi connectivity index (χ1v) is 7.59. The van der Waals surface area contributed by atoms with E-state index in [1.54, 1.807) is 0 Å². The van der Waals surface area contributed by atoms with Gasteiger partial charge in [0, 0.05) is 13.0 Å². The Hall–Kier alpha value is -3.22. The quantitative estimate of drug-likeness (QED) is 0.713. The third-order valence-corrected chi connectivity index (χ3v) is 3.87. The summed E-state index contributed by atoms with van der Waals surface area (Å²) in [6.07, 6.45) is 0. The number of phenols is 1. The van der Waals surface area contributed by atoms with Gasteiger partial charge in [-0.05, 0) is 29.8 Å². The van der Waals surface area contributed by atoms with Gasteiger partial charge in [0.25, 0.3) is 0 Å². The molecule has 1 heterocycles. The Morgan fingerprint density at radius 3 is 2.38 bits per heavy atom. The molecule has 0 aliphatic rings. The Kier molecular flexibility index (Phi) is 4.23. The molecule has 3 aromatic rings. The maximum absolute atomic E-state index is 14.1. The molecular weight excluding hydrogens is 346 g/mol. The number of phenolic OH excluding ortho intramolecular Hbond substituents is 1. The van der Waals surface area contributed by atoms with Crippen LogP contribution in [0.2, 0.25) is 0 Å². The molecular formula is C19H14F2O5. The number of hydrogen-bond donors (Lipinski definition) is 1. The van der Waals surface area contributed by atoms with E-state index in [9.17, 15) is 23.5 Å². The molecule has 5 nitrogen and oxygen atoms in total. The lowest BCUT2D eigenvalue weighted by Crippen LogP contribution is -2.17. The Labute approximate surface area is 146 Å². The summed E-state index contributed by atoms with van der Waals surface area (Å²) in [5, 5.41) is 9.57. The maximum Gasteiger partial charge on any atom is 0.337 e. The number of carbonyl (C=O) groups excluding carboxylic acids is 1. The number of benzene rings is 2. The largest absolute Gasteiger partial charge is 0.508 e. The summed E-state index contributed by atoms with van der Waals surface area (Å²) in [5.74, 6) is -5.04. The van der Waals surface area contributed by atoms with Crippen molar-refractivity contribution in [2.24, 2.45) is 0 Å². The lowest BCUT2D eigenvalue weighted by molar-refractivity contribution is -0.00417. The van der Waals surface area contributed by atoms with Crippen LogP contribution in [0, 0.1) is 0 Å². The van der Waals surface area contributed by atoms with Crippen LogP contribution < -0.4 is 5.43 Å². The van der Waals surface area contributed by atoms with Crippen molar-refractivity contribution >= 4 is 16.9 Å². The molecule has 0 aliphatic heterocycles. The highest BCUT2D eigenvalue weighted by atomic mass is 19.3. The van der Waals surface area contributed by atoms with Crippen molar-refractivity contribution in [3.63, 3.8) is 0 Å². The second kappa shape index (κ2) is 6.25. The van der Waals surface area contributed by atoms with Crippen LogP contribution in [0.15, 0.2) is 51.7 Å². The van der Waals surface area contributed by atoms with E-state index < -0.39 is 23.1 Å². The molecule has 0 unspecified atom stereocenters. The predicted octanol–water partition coefficient (Wildman–Crippen LogP) is 4.06. The molecule has 134 valence electrons. The van der Waals surface area contributed by atoms with Gasteiger partial charge < -0.3 is 14.3 Å². The average molecular weight is 360 g/mol.